The van der Waals surface area contributed by atoms with Crippen molar-refractivity contribution in [3.05, 3.63) is 41.2 Å². The summed E-state index contributed by atoms with van der Waals surface area (Å²) < 4.78 is 13.0. The molecule has 1 aromatic rings. The quantitative estimate of drug-likeness (QED) is 0.456. The third-order valence-electron chi connectivity index (χ3n) is 2.33. The van der Waals surface area contributed by atoms with Crippen molar-refractivity contribution >= 4 is 17.6 Å². The van der Waals surface area contributed by atoms with Crippen LogP contribution >= 0.6 is 0 Å². The molecule has 0 heterocycles. The maximum Gasteiger partial charge on any atom is 0.168 e. The molecule has 0 saturated carbocycles. The number of hydrogen-bond donors (Lipinski definition) is 0. The summed E-state index contributed by atoms with van der Waals surface area (Å²) in [6.07, 6.45) is 1.44. The molecule has 0 N–H and O–H groups in total. The van der Waals surface area contributed by atoms with Crippen LogP contribution in [0.5, 0.6) is 0 Å². The van der Waals surface area contributed by atoms with E-state index in [1.54, 1.807) is 26.0 Å². The topological polar surface area (TPSA) is 34.1 Å². The predicted octanol–water partition coefficient (Wildman–Crippen LogP) is 3.02. The minimum Gasteiger partial charge on any atom is -0.294 e. The third kappa shape index (κ3) is 3.63. The maximum absolute atomic E-state index is 13.0. The highest BCUT2D eigenvalue weighted by Crippen LogP contribution is 2.13. The van der Waals surface area contributed by atoms with E-state index in [1.807, 2.05) is 0 Å². The molecular weight excluding hydrogens is 219 g/mol. The Labute approximate surface area is 100 Å². The summed E-state index contributed by atoms with van der Waals surface area (Å²) in [5.41, 5.74) is 0.634. The molecule has 1 rings (SSSR count). The Balaban J connectivity index is 3.15. The molecule has 0 aromatic heterocycles. The van der Waals surface area contributed by atoms with Gasteiger partial charge in [-0.05, 0) is 30.7 Å². The lowest BCUT2D eigenvalue weighted by atomic mass is 9.96. The van der Waals surface area contributed by atoms with E-state index in [-0.39, 0.29) is 23.1 Å². The number of Topliss-reactive ketones (excluding diaryl/α,β-unsaturated/α-hetero) is 2. The van der Waals surface area contributed by atoms with E-state index in [2.05, 4.69) is 0 Å². The molecule has 90 valence electrons. The second-order valence-electron chi connectivity index (χ2n) is 4.19. The fourth-order valence-corrected chi connectivity index (χ4v) is 1.42. The smallest absolute Gasteiger partial charge is 0.168 e. The van der Waals surface area contributed by atoms with Crippen LogP contribution < -0.4 is 0 Å². The minimum atomic E-state index is -0.390. The maximum atomic E-state index is 13.0. The molecule has 0 aliphatic carbocycles. The summed E-state index contributed by atoms with van der Waals surface area (Å²) >= 11 is 0. The van der Waals surface area contributed by atoms with Crippen LogP contribution in [-0.2, 0) is 9.59 Å². The molecule has 0 radical (unpaired) electrons. The standard InChI is InChI=1S/C14H15FO2/c1-9(2)14(17)13(10(3)16)8-11-5-4-6-12(15)7-11/h4-9H,1-3H3/b13-8-. The molecule has 0 spiro atoms. The average molecular weight is 234 g/mol. The average Bonchev–Trinajstić information content (AvgIpc) is 2.24. The van der Waals surface area contributed by atoms with E-state index in [0.29, 0.717) is 5.56 Å². The zero-order chi connectivity index (χ0) is 13.0. The first kappa shape index (κ1) is 13.3. The monoisotopic (exact) mass is 234 g/mol. The van der Waals surface area contributed by atoms with E-state index >= 15 is 0 Å². The zero-order valence-electron chi connectivity index (χ0n) is 10.2. The van der Waals surface area contributed by atoms with E-state index < -0.39 is 5.82 Å². The Morgan fingerprint density at radius 3 is 2.41 bits per heavy atom. The van der Waals surface area contributed by atoms with Crippen molar-refractivity contribution < 1.29 is 14.0 Å². The number of halogens is 1. The largest absolute Gasteiger partial charge is 0.294 e. The van der Waals surface area contributed by atoms with E-state index in [0.717, 1.165) is 0 Å². The highest BCUT2D eigenvalue weighted by Gasteiger charge is 2.17. The number of carbonyl (C=O) groups is 2. The van der Waals surface area contributed by atoms with Crippen molar-refractivity contribution in [3.63, 3.8) is 0 Å². The summed E-state index contributed by atoms with van der Waals surface area (Å²) in [5, 5.41) is 0. The van der Waals surface area contributed by atoms with E-state index in [4.69, 9.17) is 0 Å². The van der Waals surface area contributed by atoms with Crippen LogP contribution in [0.3, 0.4) is 0 Å². The molecule has 0 fully saturated rings. The van der Waals surface area contributed by atoms with Crippen molar-refractivity contribution in [3.8, 4) is 0 Å². The normalized spacial score (nSPS) is 11.7. The van der Waals surface area contributed by atoms with Crippen LogP contribution in [0.2, 0.25) is 0 Å². The Morgan fingerprint density at radius 1 is 1.29 bits per heavy atom. The zero-order valence-corrected chi connectivity index (χ0v) is 10.2. The van der Waals surface area contributed by atoms with Gasteiger partial charge in [-0.15, -0.1) is 0 Å². The number of benzene rings is 1. The lowest BCUT2D eigenvalue weighted by Crippen LogP contribution is -2.15. The lowest BCUT2D eigenvalue weighted by Gasteiger charge is -2.06. The van der Waals surface area contributed by atoms with E-state index in [9.17, 15) is 14.0 Å². The Bertz CT molecular complexity index is 473. The first-order valence-corrected chi connectivity index (χ1v) is 5.44. The first-order valence-electron chi connectivity index (χ1n) is 5.44. The van der Waals surface area contributed by atoms with Gasteiger partial charge in [-0.25, -0.2) is 4.39 Å². The fourth-order valence-electron chi connectivity index (χ4n) is 1.42. The SMILES string of the molecule is CC(=O)/C(=C/c1cccc(F)c1)C(=O)C(C)C. The minimum absolute atomic E-state index is 0.116. The Hall–Kier alpha value is -1.77. The van der Waals surface area contributed by atoms with Crippen LogP contribution in [0, 0.1) is 11.7 Å². The van der Waals surface area contributed by atoms with Gasteiger partial charge in [0.25, 0.3) is 0 Å². The van der Waals surface area contributed by atoms with Crippen molar-refractivity contribution in [1.82, 2.24) is 0 Å². The predicted molar refractivity (Wildman–Crippen MR) is 64.9 cm³/mol. The van der Waals surface area contributed by atoms with Gasteiger partial charge in [-0.2, -0.15) is 0 Å². The van der Waals surface area contributed by atoms with Crippen LogP contribution in [0.25, 0.3) is 6.08 Å². The summed E-state index contributed by atoms with van der Waals surface area (Å²) in [5.74, 6) is -1.16. The molecule has 0 amide bonds. The van der Waals surface area contributed by atoms with Gasteiger partial charge in [0.15, 0.2) is 11.6 Å². The van der Waals surface area contributed by atoms with Crippen LogP contribution in [0.4, 0.5) is 4.39 Å². The highest BCUT2D eigenvalue weighted by atomic mass is 19.1. The number of rotatable bonds is 4. The van der Waals surface area contributed by atoms with Gasteiger partial charge in [0, 0.05) is 5.92 Å². The van der Waals surface area contributed by atoms with Gasteiger partial charge < -0.3 is 0 Å². The van der Waals surface area contributed by atoms with Crippen molar-refractivity contribution in [2.24, 2.45) is 5.92 Å². The van der Waals surface area contributed by atoms with Gasteiger partial charge in [0.1, 0.15) is 5.82 Å². The summed E-state index contributed by atoms with van der Waals surface area (Å²) in [4.78, 5) is 23.2. The van der Waals surface area contributed by atoms with Crippen molar-refractivity contribution in [2.45, 2.75) is 20.8 Å². The number of ketones is 2. The molecule has 0 bridgehead atoms. The van der Waals surface area contributed by atoms with E-state index in [1.165, 1.54) is 25.1 Å². The van der Waals surface area contributed by atoms with Gasteiger partial charge in [-0.3, -0.25) is 9.59 Å². The molecule has 0 aliphatic rings. The highest BCUT2D eigenvalue weighted by molar-refractivity contribution is 6.23. The molecule has 0 atom stereocenters. The molecule has 1 aromatic carbocycles. The molecule has 3 heteroatoms. The Morgan fingerprint density at radius 2 is 1.94 bits per heavy atom. The first-order chi connectivity index (χ1) is 7.91. The van der Waals surface area contributed by atoms with Gasteiger partial charge in [0.2, 0.25) is 0 Å². The second-order valence-corrected chi connectivity index (χ2v) is 4.19. The third-order valence-corrected chi connectivity index (χ3v) is 2.33. The van der Waals surface area contributed by atoms with Gasteiger partial charge in [-0.1, -0.05) is 26.0 Å². The molecule has 17 heavy (non-hydrogen) atoms. The summed E-state index contributed by atoms with van der Waals surface area (Å²) in [6.45, 7) is 4.79. The van der Waals surface area contributed by atoms with Gasteiger partial charge in [0.05, 0.1) is 5.57 Å². The number of hydrogen-bond acceptors (Lipinski definition) is 2. The lowest BCUT2D eigenvalue weighted by molar-refractivity contribution is -0.122. The fraction of sp³-hybridized carbons (Fsp3) is 0.286. The number of allylic oxidation sites excluding steroid dienone is 1. The van der Waals surface area contributed by atoms with Crippen molar-refractivity contribution in [2.75, 3.05) is 0 Å². The second kappa shape index (κ2) is 5.53. The van der Waals surface area contributed by atoms with Crippen LogP contribution in [0.15, 0.2) is 29.8 Å². The summed E-state index contributed by atoms with van der Waals surface area (Å²) in [7, 11) is 0. The molecule has 0 aliphatic heterocycles. The molecular formula is C14H15FO2. The molecule has 0 unspecified atom stereocenters. The van der Waals surface area contributed by atoms with Gasteiger partial charge >= 0.3 is 0 Å². The summed E-state index contributed by atoms with van der Waals surface area (Å²) in [6, 6.07) is 5.80. The Kier molecular flexibility index (Phi) is 4.32. The van der Waals surface area contributed by atoms with Crippen LogP contribution in [-0.4, -0.2) is 11.6 Å². The molecule has 2 nitrogen and oxygen atoms in total. The van der Waals surface area contributed by atoms with Crippen LogP contribution in [0.1, 0.15) is 26.3 Å². The molecule has 0 saturated heterocycles. The number of carbonyl (C=O) groups excluding carboxylic acids is 2. The van der Waals surface area contributed by atoms with Crippen molar-refractivity contribution in [1.29, 1.82) is 0 Å².